The topological polar surface area (TPSA) is 55.7 Å². The van der Waals surface area contributed by atoms with Gasteiger partial charge in [-0.15, -0.1) is 0 Å². The van der Waals surface area contributed by atoms with Crippen LogP contribution >= 0.6 is 23.5 Å². The zero-order valence-corrected chi connectivity index (χ0v) is 16.5. The number of carbonyl (C=O) groups excluding carboxylic acids is 2. The van der Waals surface area contributed by atoms with Gasteiger partial charge in [-0.05, 0) is 59.9 Å². The molecule has 27 heavy (non-hydrogen) atoms. The van der Waals surface area contributed by atoms with Crippen LogP contribution < -0.4 is 0 Å². The Hall–Kier alpha value is -2.57. The van der Waals surface area contributed by atoms with E-state index >= 15 is 0 Å². The highest BCUT2D eigenvalue weighted by molar-refractivity contribution is 8.07. The maximum absolute atomic E-state index is 11.6. The average molecular weight is 396 g/mol. The molecule has 0 aliphatic carbocycles. The lowest BCUT2D eigenvalue weighted by Gasteiger charge is -2.05. The molecule has 0 saturated heterocycles. The van der Waals surface area contributed by atoms with Crippen molar-refractivity contribution in [3.63, 3.8) is 0 Å². The van der Waals surface area contributed by atoms with Crippen LogP contribution in [0.25, 0.3) is 6.08 Å². The summed E-state index contributed by atoms with van der Waals surface area (Å²) in [7, 11) is 0. The maximum atomic E-state index is 11.6. The van der Waals surface area contributed by atoms with E-state index in [-0.39, 0.29) is 5.78 Å². The van der Waals surface area contributed by atoms with Crippen molar-refractivity contribution in [1.29, 1.82) is 0 Å². The smallest absolute Gasteiger partial charge is 0.318 e. The summed E-state index contributed by atoms with van der Waals surface area (Å²) < 4.78 is 0. The lowest BCUT2D eigenvalue weighted by Crippen LogP contribution is -1.99. The molecule has 3 rings (SSSR count). The molecule has 0 atom stereocenters. The van der Waals surface area contributed by atoms with E-state index in [1.165, 1.54) is 18.7 Å². The number of ketones is 1. The molecule has 0 amide bonds. The summed E-state index contributed by atoms with van der Waals surface area (Å²) in [5.74, 6) is -0.376. The van der Waals surface area contributed by atoms with E-state index in [1.54, 1.807) is 30.2 Å². The standard InChI is InChI=1S/C21H17NO3S2/c1-14(22-25-15(2)23)17-5-9-19(10-6-17)27-18-7-3-16(4-8-18)13-21-20(24)11-12-26-21/h3-13H,1-2H3. The van der Waals surface area contributed by atoms with Crippen molar-refractivity contribution in [3.05, 3.63) is 76.0 Å². The molecule has 0 N–H and O–H groups in total. The monoisotopic (exact) mass is 395 g/mol. The Morgan fingerprint density at radius 3 is 2.22 bits per heavy atom. The molecule has 0 unspecified atom stereocenters. The number of hydrogen-bond donors (Lipinski definition) is 0. The highest BCUT2D eigenvalue weighted by Crippen LogP contribution is 2.30. The molecule has 2 aromatic rings. The van der Waals surface area contributed by atoms with Gasteiger partial charge in [0.25, 0.3) is 0 Å². The predicted molar refractivity (Wildman–Crippen MR) is 111 cm³/mol. The fraction of sp³-hybridized carbons (Fsp3) is 0.0952. The zero-order chi connectivity index (χ0) is 19.2. The van der Waals surface area contributed by atoms with E-state index in [0.29, 0.717) is 5.71 Å². The third-order valence-electron chi connectivity index (χ3n) is 3.65. The molecule has 0 saturated carbocycles. The minimum atomic E-state index is -0.437. The number of benzene rings is 2. The van der Waals surface area contributed by atoms with Crippen molar-refractivity contribution >= 4 is 47.1 Å². The predicted octanol–water partition coefficient (Wildman–Crippen LogP) is 5.30. The molecule has 0 aromatic heterocycles. The first-order valence-corrected chi connectivity index (χ1v) is 9.90. The van der Waals surface area contributed by atoms with E-state index in [1.807, 2.05) is 54.6 Å². The Balaban J connectivity index is 1.64. The SMILES string of the molecule is CC(=O)ON=C(C)c1ccc(Sc2ccc(C=C3SC=CC3=O)cc2)cc1. The minimum Gasteiger partial charge on any atom is -0.318 e. The summed E-state index contributed by atoms with van der Waals surface area (Å²) in [4.78, 5) is 30.1. The second-order valence-electron chi connectivity index (χ2n) is 5.75. The van der Waals surface area contributed by atoms with Gasteiger partial charge in [0, 0.05) is 16.7 Å². The molecule has 0 bridgehead atoms. The quantitative estimate of drug-likeness (QED) is 0.298. The van der Waals surface area contributed by atoms with Gasteiger partial charge < -0.3 is 4.84 Å². The molecule has 136 valence electrons. The summed E-state index contributed by atoms with van der Waals surface area (Å²) in [6.45, 7) is 3.11. The van der Waals surface area contributed by atoms with Crippen LogP contribution in [0.3, 0.4) is 0 Å². The Morgan fingerprint density at radius 2 is 1.67 bits per heavy atom. The van der Waals surface area contributed by atoms with Gasteiger partial charge in [0.1, 0.15) is 0 Å². The number of oxime groups is 1. The highest BCUT2D eigenvalue weighted by Gasteiger charge is 2.11. The molecule has 0 spiro atoms. The third kappa shape index (κ3) is 5.45. The minimum absolute atomic E-state index is 0.0612. The largest absolute Gasteiger partial charge is 0.331 e. The van der Waals surface area contributed by atoms with Gasteiger partial charge in [0.05, 0.1) is 10.6 Å². The number of allylic oxidation sites excluding steroid dienone is 2. The highest BCUT2D eigenvalue weighted by atomic mass is 32.2. The number of nitrogens with zero attached hydrogens (tertiary/aromatic N) is 1. The van der Waals surface area contributed by atoms with Crippen LogP contribution in [-0.4, -0.2) is 17.5 Å². The Morgan fingerprint density at radius 1 is 1.04 bits per heavy atom. The van der Waals surface area contributed by atoms with Crippen LogP contribution in [0.5, 0.6) is 0 Å². The Kier molecular flexibility index (Phi) is 6.32. The number of carbonyl (C=O) groups is 2. The van der Waals surface area contributed by atoms with Crippen molar-refractivity contribution in [2.24, 2.45) is 5.16 Å². The fourth-order valence-electron chi connectivity index (χ4n) is 2.28. The molecular weight excluding hydrogens is 378 g/mol. The van der Waals surface area contributed by atoms with Crippen LogP contribution in [0, 0.1) is 0 Å². The average Bonchev–Trinajstić information content (AvgIpc) is 3.06. The van der Waals surface area contributed by atoms with E-state index in [4.69, 9.17) is 0 Å². The van der Waals surface area contributed by atoms with Crippen molar-refractivity contribution in [1.82, 2.24) is 0 Å². The van der Waals surface area contributed by atoms with Crippen molar-refractivity contribution in [2.45, 2.75) is 23.6 Å². The molecule has 1 heterocycles. The Labute approximate surface area is 166 Å². The van der Waals surface area contributed by atoms with Crippen molar-refractivity contribution in [3.8, 4) is 0 Å². The van der Waals surface area contributed by atoms with Gasteiger partial charge in [-0.1, -0.05) is 52.9 Å². The van der Waals surface area contributed by atoms with Crippen LogP contribution in [0.1, 0.15) is 25.0 Å². The Bertz CT molecular complexity index is 942. The van der Waals surface area contributed by atoms with E-state index < -0.39 is 5.97 Å². The molecule has 4 nitrogen and oxygen atoms in total. The lowest BCUT2D eigenvalue weighted by molar-refractivity contribution is -0.140. The summed E-state index contributed by atoms with van der Waals surface area (Å²) >= 11 is 3.10. The van der Waals surface area contributed by atoms with Crippen LogP contribution in [0.2, 0.25) is 0 Å². The van der Waals surface area contributed by atoms with Crippen LogP contribution in [0.4, 0.5) is 0 Å². The van der Waals surface area contributed by atoms with Crippen LogP contribution in [0.15, 0.2) is 79.9 Å². The molecule has 1 aliphatic heterocycles. The second kappa shape index (κ2) is 8.88. The summed E-state index contributed by atoms with van der Waals surface area (Å²) in [6.07, 6.45) is 3.49. The normalized spacial score (nSPS) is 15.4. The summed E-state index contributed by atoms with van der Waals surface area (Å²) in [5.41, 5.74) is 2.55. The van der Waals surface area contributed by atoms with Gasteiger partial charge in [-0.25, -0.2) is 4.79 Å². The van der Waals surface area contributed by atoms with Gasteiger partial charge in [0.2, 0.25) is 0 Å². The second-order valence-corrected chi connectivity index (χ2v) is 7.84. The number of thioether (sulfide) groups is 1. The lowest BCUT2D eigenvalue weighted by atomic mass is 10.1. The van der Waals surface area contributed by atoms with Crippen molar-refractivity contribution in [2.75, 3.05) is 0 Å². The first kappa shape index (κ1) is 19.2. The van der Waals surface area contributed by atoms with Gasteiger partial charge in [-0.3, -0.25) is 4.79 Å². The zero-order valence-electron chi connectivity index (χ0n) is 14.8. The molecule has 1 aliphatic rings. The van der Waals surface area contributed by atoms with Gasteiger partial charge in [0.15, 0.2) is 5.78 Å². The maximum Gasteiger partial charge on any atom is 0.331 e. The molecule has 0 radical (unpaired) electrons. The van der Waals surface area contributed by atoms with E-state index in [9.17, 15) is 9.59 Å². The first-order valence-electron chi connectivity index (χ1n) is 8.21. The van der Waals surface area contributed by atoms with Crippen LogP contribution in [-0.2, 0) is 14.4 Å². The number of hydrogen-bond acceptors (Lipinski definition) is 6. The van der Waals surface area contributed by atoms with E-state index in [2.05, 4.69) is 9.99 Å². The molecule has 6 heteroatoms. The molecular formula is C21H17NO3S2. The summed E-state index contributed by atoms with van der Waals surface area (Å²) in [5, 5.41) is 5.60. The van der Waals surface area contributed by atoms with Gasteiger partial charge in [-0.2, -0.15) is 0 Å². The third-order valence-corrected chi connectivity index (χ3v) is 5.51. The number of rotatable bonds is 5. The first-order chi connectivity index (χ1) is 13.0. The fourth-order valence-corrected chi connectivity index (χ4v) is 3.83. The van der Waals surface area contributed by atoms with Gasteiger partial charge >= 0.3 is 5.97 Å². The van der Waals surface area contributed by atoms with Crippen molar-refractivity contribution < 1.29 is 14.4 Å². The molecule has 0 fully saturated rings. The molecule has 2 aromatic carbocycles. The summed E-state index contributed by atoms with van der Waals surface area (Å²) in [6, 6.07) is 16.0. The van der Waals surface area contributed by atoms with E-state index in [0.717, 1.165) is 25.8 Å².